The molecule has 16 heavy (non-hydrogen) atoms. The van der Waals surface area contributed by atoms with Crippen LogP contribution in [0.4, 0.5) is 0 Å². The molecule has 0 spiro atoms. The molecule has 0 saturated heterocycles. The summed E-state index contributed by atoms with van der Waals surface area (Å²) in [6.45, 7) is 1.99. The molecule has 0 bridgehead atoms. The van der Waals surface area contributed by atoms with Crippen molar-refractivity contribution in [3.63, 3.8) is 0 Å². The molecule has 0 atom stereocenters. The highest BCUT2D eigenvalue weighted by Gasteiger charge is 2.25. The fourth-order valence-corrected chi connectivity index (χ4v) is 2.24. The van der Waals surface area contributed by atoms with Crippen LogP contribution in [0, 0.1) is 24.2 Å². The predicted molar refractivity (Wildman–Crippen MR) is 64.0 cm³/mol. The van der Waals surface area contributed by atoms with Crippen LogP contribution in [0.1, 0.15) is 38.5 Å². The Morgan fingerprint density at radius 3 is 2.62 bits per heavy atom. The average molecular weight is 223 g/mol. The van der Waals surface area contributed by atoms with Gasteiger partial charge in [-0.15, -0.1) is 12.3 Å². The normalized spacial score (nSPS) is 24.9. The summed E-state index contributed by atoms with van der Waals surface area (Å²) < 4.78 is 0. The number of hydrogen-bond acceptors (Lipinski definition) is 2. The van der Waals surface area contributed by atoms with Crippen molar-refractivity contribution < 1.29 is 9.90 Å². The number of carboxylic acid groups (broad SMARTS) is 1. The number of nitrogens with one attached hydrogen (secondary N) is 1. The summed E-state index contributed by atoms with van der Waals surface area (Å²) in [4.78, 5) is 10.8. The molecule has 0 unspecified atom stereocenters. The summed E-state index contributed by atoms with van der Waals surface area (Å²) in [7, 11) is 0. The minimum Gasteiger partial charge on any atom is -0.481 e. The monoisotopic (exact) mass is 223 g/mol. The number of hydrogen-bond donors (Lipinski definition) is 2. The molecule has 2 N–H and O–H groups in total. The number of unbranched alkanes of at least 4 members (excludes halogenated alkanes) is 1. The van der Waals surface area contributed by atoms with E-state index < -0.39 is 5.97 Å². The Balaban J connectivity index is 2.04. The average Bonchev–Trinajstić information content (AvgIpc) is 2.29. The summed E-state index contributed by atoms with van der Waals surface area (Å²) in [5.41, 5.74) is 0. The Morgan fingerprint density at radius 1 is 1.38 bits per heavy atom. The number of carbonyl (C=O) groups is 1. The van der Waals surface area contributed by atoms with Crippen LogP contribution in [-0.2, 0) is 4.79 Å². The van der Waals surface area contributed by atoms with Gasteiger partial charge in [0.1, 0.15) is 0 Å². The zero-order valence-electron chi connectivity index (χ0n) is 9.74. The van der Waals surface area contributed by atoms with Crippen molar-refractivity contribution in [2.24, 2.45) is 11.8 Å². The maximum Gasteiger partial charge on any atom is 0.306 e. The van der Waals surface area contributed by atoms with Crippen molar-refractivity contribution in [1.82, 2.24) is 5.32 Å². The molecule has 1 fully saturated rings. The first-order valence-electron chi connectivity index (χ1n) is 6.11. The fourth-order valence-electron chi connectivity index (χ4n) is 2.24. The fraction of sp³-hybridized carbons (Fsp3) is 0.769. The summed E-state index contributed by atoms with van der Waals surface area (Å²) in [6, 6.07) is 0. The summed E-state index contributed by atoms with van der Waals surface area (Å²) in [6.07, 6.45) is 10.8. The lowest BCUT2D eigenvalue weighted by Gasteiger charge is -2.26. The van der Waals surface area contributed by atoms with Gasteiger partial charge in [-0.3, -0.25) is 4.79 Å². The van der Waals surface area contributed by atoms with Crippen LogP contribution in [0.5, 0.6) is 0 Å². The van der Waals surface area contributed by atoms with Crippen molar-refractivity contribution in [3.05, 3.63) is 0 Å². The van der Waals surface area contributed by atoms with Crippen LogP contribution in [-0.4, -0.2) is 24.2 Å². The van der Waals surface area contributed by atoms with Gasteiger partial charge >= 0.3 is 5.97 Å². The van der Waals surface area contributed by atoms with Gasteiger partial charge in [0.05, 0.1) is 5.92 Å². The van der Waals surface area contributed by atoms with Crippen molar-refractivity contribution in [2.45, 2.75) is 38.5 Å². The first-order chi connectivity index (χ1) is 7.74. The third-order valence-corrected chi connectivity index (χ3v) is 3.30. The summed E-state index contributed by atoms with van der Waals surface area (Å²) in [5.74, 6) is 2.55. The number of aliphatic carboxylic acids is 1. The minimum atomic E-state index is -0.625. The zero-order chi connectivity index (χ0) is 11.8. The lowest BCUT2D eigenvalue weighted by Crippen LogP contribution is -2.29. The lowest BCUT2D eigenvalue weighted by molar-refractivity contribution is -0.143. The second-order valence-electron chi connectivity index (χ2n) is 4.57. The number of terminal acetylenes is 1. The molecule has 1 rings (SSSR count). The standard InChI is InChI=1S/C13H21NO2/c1-2-3-4-9-14-10-11-5-7-12(8-6-11)13(15)16/h1,11-12,14H,3-10H2,(H,15,16). The number of rotatable bonds is 6. The van der Waals surface area contributed by atoms with Gasteiger partial charge in [0.15, 0.2) is 0 Å². The van der Waals surface area contributed by atoms with Crippen molar-refractivity contribution in [3.8, 4) is 12.3 Å². The maximum atomic E-state index is 10.8. The van der Waals surface area contributed by atoms with Crippen molar-refractivity contribution in [2.75, 3.05) is 13.1 Å². The zero-order valence-corrected chi connectivity index (χ0v) is 9.74. The van der Waals surface area contributed by atoms with Crippen LogP contribution < -0.4 is 5.32 Å². The number of carboxylic acids is 1. The predicted octanol–water partition coefficient (Wildman–Crippen LogP) is 1.88. The maximum absolute atomic E-state index is 10.8. The van der Waals surface area contributed by atoms with E-state index in [0.717, 1.165) is 51.6 Å². The van der Waals surface area contributed by atoms with E-state index >= 15 is 0 Å². The van der Waals surface area contributed by atoms with Crippen LogP contribution in [0.2, 0.25) is 0 Å². The first kappa shape index (κ1) is 13.1. The van der Waals surface area contributed by atoms with Gasteiger partial charge < -0.3 is 10.4 Å². The third kappa shape index (κ3) is 4.67. The van der Waals surface area contributed by atoms with Crippen LogP contribution in [0.25, 0.3) is 0 Å². The van der Waals surface area contributed by atoms with E-state index in [1.54, 1.807) is 0 Å². The largest absolute Gasteiger partial charge is 0.481 e. The minimum absolute atomic E-state index is 0.0994. The highest BCUT2D eigenvalue weighted by atomic mass is 16.4. The molecule has 1 aliphatic rings. The molecule has 3 heteroatoms. The Kier molecular flexibility index (Phi) is 5.95. The van der Waals surface area contributed by atoms with Crippen molar-refractivity contribution >= 4 is 5.97 Å². The van der Waals surface area contributed by atoms with Gasteiger partial charge in [-0.05, 0) is 51.1 Å². The quantitative estimate of drug-likeness (QED) is 0.534. The van der Waals surface area contributed by atoms with Gasteiger partial charge in [0, 0.05) is 6.42 Å². The van der Waals surface area contributed by atoms with Gasteiger partial charge in [-0.2, -0.15) is 0 Å². The first-order valence-corrected chi connectivity index (χ1v) is 6.11. The molecule has 0 heterocycles. The smallest absolute Gasteiger partial charge is 0.306 e. The van der Waals surface area contributed by atoms with E-state index in [9.17, 15) is 4.79 Å². The molecular formula is C13H21NO2. The van der Waals surface area contributed by atoms with Gasteiger partial charge in [-0.25, -0.2) is 0 Å². The molecule has 3 nitrogen and oxygen atoms in total. The van der Waals surface area contributed by atoms with E-state index in [-0.39, 0.29) is 5.92 Å². The van der Waals surface area contributed by atoms with E-state index in [1.807, 2.05) is 0 Å². The van der Waals surface area contributed by atoms with Crippen LogP contribution in [0.15, 0.2) is 0 Å². The molecule has 1 aliphatic carbocycles. The second kappa shape index (κ2) is 7.29. The molecule has 0 aromatic heterocycles. The van der Waals surface area contributed by atoms with E-state index in [1.165, 1.54) is 0 Å². The molecule has 0 amide bonds. The topological polar surface area (TPSA) is 49.3 Å². The lowest BCUT2D eigenvalue weighted by atomic mass is 9.82. The highest BCUT2D eigenvalue weighted by Crippen LogP contribution is 2.28. The third-order valence-electron chi connectivity index (χ3n) is 3.30. The highest BCUT2D eigenvalue weighted by molar-refractivity contribution is 5.69. The van der Waals surface area contributed by atoms with E-state index in [4.69, 9.17) is 11.5 Å². The van der Waals surface area contributed by atoms with Gasteiger partial charge in [0.2, 0.25) is 0 Å². The van der Waals surface area contributed by atoms with Crippen LogP contribution in [0.3, 0.4) is 0 Å². The van der Waals surface area contributed by atoms with Gasteiger partial charge in [0.25, 0.3) is 0 Å². The Morgan fingerprint density at radius 2 is 2.06 bits per heavy atom. The molecule has 0 aromatic carbocycles. The molecule has 1 saturated carbocycles. The Labute approximate surface area is 97.6 Å². The Hall–Kier alpha value is -1.01. The molecule has 90 valence electrons. The molecule has 0 aromatic rings. The molecule has 0 aliphatic heterocycles. The van der Waals surface area contributed by atoms with E-state index in [2.05, 4.69) is 11.2 Å². The van der Waals surface area contributed by atoms with E-state index in [0.29, 0.717) is 5.92 Å². The van der Waals surface area contributed by atoms with Crippen LogP contribution >= 0.6 is 0 Å². The Bertz CT molecular complexity index is 249. The SMILES string of the molecule is C#CCCCNCC1CCC(C(=O)O)CC1. The molecular weight excluding hydrogens is 202 g/mol. The summed E-state index contributed by atoms with van der Waals surface area (Å²) >= 11 is 0. The second-order valence-corrected chi connectivity index (χ2v) is 4.57. The summed E-state index contributed by atoms with van der Waals surface area (Å²) in [5, 5.41) is 12.3. The molecule has 0 radical (unpaired) electrons. The van der Waals surface area contributed by atoms with Crippen molar-refractivity contribution in [1.29, 1.82) is 0 Å². The van der Waals surface area contributed by atoms with Gasteiger partial charge in [-0.1, -0.05) is 0 Å².